The molecule has 0 unspecified atom stereocenters. The monoisotopic (exact) mass is 232 g/mol. The Morgan fingerprint density at radius 2 is 1.62 bits per heavy atom. The molecule has 1 fully saturated rings. The largest absolute Gasteiger partial charge is 0.331 e. The number of rotatable bonds is 2. The minimum absolute atomic E-state index is 0.202. The van der Waals surface area contributed by atoms with E-state index < -0.39 is 15.2 Å². The highest BCUT2D eigenvalue weighted by Gasteiger charge is 2.25. The summed E-state index contributed by atoms with van der Waals surface area (Å²) in [6.45, 7) is 3.05. The molecule has 0 bridgehead atoms. The first kappa shape index (κ1) is 13.3. The normalized spacial score (nSPS) is 19.7. The molecule has 8 heteroatoms. The fraction of sp³-hybridized carbons (Fsp3) is 1.00. The predicted molar refractivity (Wildman–Crippen MR) is 48.1 cm³/mol. The molecule has 1 heterocycles. The van der Waals surface area contributed by atoms with Crippen LogP contribution in [0, 0.1) is 0 Å². The van der Waals surface area contributed by atoms with E-state index in [1.54, 1.807) is 0 Å². The van der Waals surface area contributed by atoms with Crippen LogP contribution in [0.1, 0.15) is 0 Å². The molecule has 13 heavy (non-hydrogen) atoms. The van der Waals surface area contributed by atoms with Crippen molar-refractivity contribution in [2.75, 3.05) is 34.3 Å². The van der Waals surface area contributed by atoms with Gasteiger partial charge in [-0.05, 0) is 0 Å². The minimum Gasteiger partial charge on any atom is -0.312 e. The molecule has 0 amide bonds. The van der Waals surface area contributed by atoms with E-state index in [1.165, 1.54) is 27.5 Å². The van der Waals surface area contributed by atoms with Crippen LogP contribution in [0.4, 0.5) is 0 Å². The summed E-state index contributed by atoms with van der Waals surface area (Å²) in [5.41, 5.74) is 0. The van der Waals surface area contributed by atoms with Crippen molar-refractivity contribution in [1.29, 1.82) is 0 Å². The Morgan fingerprint density at radius 3 is 1.62 bits per heavy atom. The SMILES string of the molecule is COP(C)(=O)OC.CP1(=O)OCO1. The molecule has 1 rings (SSSR count). The number of hydrogen-bond donors (Lipinski definition) is 0. The maximum Gasteiger partial charge on any atom is 0.331 e. The molecule has 0 atom stereocenters. The Kier molecular flexibility index (Phi) is 5.37. The molecule has 0 N–H and O–H groups in total. The van der Waals surface area contributed by atoms with E-state index in [0.717, 1.165) is 0 Å². The first-order valence-corrected chi connectivity index (χ1v) is 7.36. The van der Waals surface area contributed by atoms with Gasteiger partial charge in [-0.15, -0.1) is 0 Å². The fourth-order valence-electron chi connectivity index (χ4n) is 0.276. The maximum atomic E-state index is 10.5. The van der Waals surface area contributed by atoms with Gasteiger partial charge in [-0.1, -0.05) is 0 Å². The van der Waals surface area contributed by atoms with Crippen LogP contribution < -0.4 is 0 Å². The van der Waals surface area contributed by atoms with E-state index >= 15 is 0 Å². The highest BCUT2D eigenvalue weighted by Crippen LogP contribution is 2.51. The molecule has 0 radical (unpaired) electrons. The van der Waals surface area contributed by atoms with Crippen molar-refractivity contribution in [3.63, 3.8) is 0 Å². The topological polar surface area (TPSA) is 71.1 Å². The molecule has 0 aliphatic carbocycles. The van der Waals surface area contributed by atoms with E-state index in [2.05, 4.69) is 18.1 Å². The van der Waals surface area contributed by atoms with Gasteiger partial charge in [-0.3, -0.25) is 18.2 Å². The summed E-state index contributed by atoms with van der Waals surface area (Å²) < 4.78 is 38.5. The van der Waals surface area contributed by atoms with Gasteiger partial charge in [0.1, 0.15) is 0 Å². The van der Waals surface area contributed by atoms with Crippen LogP contribution in [0.3, 0.4) is 0 Å². The van der Waals surface area contributed by atoms with Crippen molar-refractivity contribution in [3.05, 3.63) is 0 Å². The van der Waals surface area contributed by atoms with E-state index in [1.807, 2.05) is 0 Å². The van der Waals surface area contributed by atoms with Gasteiger partial charge in [0.15, 0.2) is 6.79 Å². The molecule has 0 spiro atoms. The molecule has 6 nitrogen and oxygen atoms in total. The van der Waals surface area contributed by atoms with Crippen molar-refractivity contribution in [2.45, 2.75) is 0 Å². The smallest absolute Gasteiger partial charge is 0.312 e. The lowest BCUT2D eigenvalue weighted by molar-refractivity contribution is 0.0124. The molecule has 0 aromatic rings. The summed E-state index contributed by atoms with van der Waals surface area (Å²) in [6.07, 6.45) is 0. The minimum atomic E-state index is -2.65. The van der Waals surface area contributed by atoms with Crippen molar-refractivity contribution < 1.29 is 27.2 Å². The van der Waals surface area contributed by atoms with E-state index in [-0.39, 0.29) is 6.79 Å². The number of hydrogen-bond acceptors (Lipinski definition) is 6. The molecule has 0 saturated carbocycles. The van der Waals surface area contributed by atoms with Gasteiger partial charge in [-0.25, -0.2) is 0 Å². The van der Waals surface area contributed by atoms with Crippen LogP contribution in [0.5, 0.6) is 0 Å². The average Bonchev–Trinajstić information content (AvgIpc) is 2.03. The van der Waals surface area contributed by atoms with Crippen molar-refractivity contribution >= 4 is 15.2 Å². The third kappa shape index (κ3) is 6.38. The Bertz CT molecular complexity index is 223. The molecule has 80 valence electrons. The Labute approximate surface area is 77.6 Å². The molecule has 1 aliphatic heterocycles. The Hall–Kier alpha value is 0.300. The van der Waals surface area contributed by atoms with Crippen LogP contribution in [-0.4, -0.2) is 34.3 Å². The summed E-state index contributed by atoms with van der Waals surface area (Å²) in [5.74, 6) is 0. The van der Waals surface area contributed by atoms with Crippen molar-refractivity contribution in [3.8, 4) is 0 Å². The Morgan fingerprint density at radius 1 is 1.31 bits per heavy atom. The maximum absolute atomic E-state index is 10.5. The predicted octanol–water partition coefficient (Wildman–Crippen LogP) is 1.92. The first-order valence-electron chi connectivity index (χ1n) is 3.38. The molecule has 1 aliphatic rings. The summed E-state index contributed by atoms with van der Waals surface area (Å²) in [5, 5.41) is 0. The van der Waals surface area contributed by atoms with Crippen LogP contribution in [0.15, 0.2) is 0 Å². The average molecular weight is 232 g/mol. The second-order valence-electron chi connectivity index (χ2n) is 2.28. The lowest BCUT2D eigenvalue weighted by Gasteiger charge is -2.21. The highest BCUT2D eigenvalue weighted by atomic mass is 31.2. The van der Waals surface area contributed by atoms with Crippen LogP contribution in [-0.2, 0) is 27.2 Å². The fourth-order valence-corrected chi connectivity index (χ4v) is 0.827. The van der Waals surface area contributed by atoms with E-state index in [4.69, 9.17) is 0 Å². The molecule has 0 aromatic heterocycles. The van der Waals surface area contributed by atoms with Crippen LogP contribution in [0.25, 0.3) is 0 Å². The lowest BCUT2D eigenvalue weighted by atomic mass is 11.5. The molecular weight excluding hydrogens is 218 g/mol. The van der Waals surface area contributed by atoms with Gasteiger partial charge in [0, 0.05) is 27.5 Å². The summed E-state index contributed by atoms with van der Waals surface area (Å²) in [6, 6.07) is 0. The van der Waals surface area contributed by atoms with E-state index in [9.17, 15) is 9.13 Å². The molecule has 0 aromatic carbocycles. The third-order valence-electron chi connectivity index (χ3n) is 1.24. The van der Waals surface area contributed by atoms with Gasteiger partial charge in [-0.2, -0.15) is 0 Å². The zero-order chi connectivity index (χ0) is 10.5. The standard InChI is InChI=1S/C3H9O3P.C2H5O3P/c1-5-7(3,4)6-2;1-6(3)4-2-5-6/h1-3H3;2H2,1H3. The zero-order valence-electron chi connectivity index (χ0n) is 8.05. The molecule has 1 saturated heterocycles. The van der Waals surface area contributed by atoms with Crippen molar-refractivity contribution in [1.82, 2.24) is 0 Å². The van der Waals surface area contributed by atoms with Gasteiger partial charge in [0.05, 0.1) is 0 Å². The lowest BCUT2D eigenvalue weighted by Crippen LogP contribution is -2.07. The second-order valence-corrected chi connectivity index (χ2v) is 6.62. The van der Waals surface area contributed by atoms with Gasteiger partial charge in [0.25, 0.3) is 0 Å². The van der Waals surface area contributed by atoms with Gasteiger partial charge >= 0.3 is 15.2 Å². The van der Waals surface area contributed by atoms with Crippen LogP contribution >= 0.6 is 15.2 Å². The summed E-state index contributed by atoms with van der Waals surface area (Å²) in [7, 11) is -2.42. The van der Waals surface area contributed by atoms with Gasteiger partial charge in [0.2, 0.25) is 0 Å². The van der Waals surface area contributed by atoms with Crippen LogP contribution in [0.2, 0.25) is 0 Å². The van der Waals surface area contributed by atoms with Gasteiger partial charge < -0.3 is 9.05 Å². The van der Waals surface area contributed by atoms with Crippen molar-refractivity contribution in [2.24, 2.45) is 0 Å². The Balaban J connectivity index is 0.000000223. The molecular formula is C5H14O6P2. The second kappa shape index (κ2) is 5.25. The highest BCUT2D eigenvalue weighted by molar-refractivity contribution is 7.53. The summed E-state index contributed by atoms with van der Waals surface area (Å²) >= 11 is 0. The van der Waals surface area contributed by atoms with E-state index in [0.29, 0.717) is 0 Å². The quantitative estimate of drug-likeness (QED) is 0.677. The summed E-state index contributed by atoms with van der Waals surface area (Å²) in [4.78, 5) is 0. The zero-order valence-corrected chi connectivity index (χ0v) is 9.84. The first-order chi connectivity index (χ1) is 5.83. The third-order valence-corrected chi connectivity index (χ3v) is 3.71.